The first kappa shape index (κ1) is 16.1. The van der Waals surface area contributed by atoms with Gasteiger partial charge in [-0.3, -0.25) is 0 Å². The minimum atomic E-state index is 0.602. The Labute approximate surface area is 156 Å². The zero-order valence-corrected chi connectivity index (χ0v) is 15.1. The summed E-state index contributed by atoms with van der Waals surface area (Å²) in [4.78, 5) is 4.83. The third-order valence-corrected chi connectivity index (χ3v) is 4.90. The minimum absolute atomic E-state index is 0.602. The average Bonchev–Trinajstić information content (AvgIpc) is 2.62. The second kappa shape index (κ2) is 6.51. The van der Waals surface area contributed by atoms with Gasteiger partial charge in [-0.15, -0.1) is 0 Å². The molecule has 0 aliphatic rings. The van der Waals surface area contributed by atoms with Gasteiger partial charge in [0.15, 0.2) is 0 Å². The van der Waals surface area contributed by atoms with Gasteiger partial charge in [0.1, 0.15) is 0 Å². The summed E-state index contributed by atoms with van der Waals surface area (Å²) < 4.78 is 0. The highest BCUT2D eigenvalue weighted by Gasteiger charge is 2.14. The van der Waals surface area contributed by atoms with Crippen molar-refractivity contribution in [1.82, 2.24) is 4.98 Å². The molecule has 122 valence electrons. The van der Waals surface area contributed by atoms with Gasteiger partial charge in [-0.25, -0.2) is 4.98 Å². The van der Waals surface area contributed by atoms with Gasteiger partial charge in [0.2, 0.25) is 0 Å². The second-order valence-electron chi connectivity index (χ2n) is 6.04. The summed E-state index contributed by atoms with van der Waals surface area (Å²) in [5.41, 5.74) is 5.95. The van der Waals surface area contributed by atoms with Crippen LogP contribution in [0.15, 0.2) is 72.8 Å². The molecule has 1 nitrogen and oxygen atoms in total. The maximum absolute atomic E-state index is 6.41. The molecule has 0 saturated carbocycles. The molecule has 0 N–H and O–H groups in total. The van der Waals surface area contributed by atoms with Crippen LogP contribution >= 0.6 is 23.2 Å². The maximum Gasteiger partial charge on any atom is 0.0745 e. The van der Waals surface area contributed by atoms with E-state index >= 15 is 0 Å². The van der Waals surface area contributed by atoms with Crippen LogP contribution in [0.25, 0.3) is 33.3 Å². The number of nitrogens with zero attached hydrogens (tertiary/aromatic N) is 1. The monoisotopic (exact) mass is 363 g/mol. The van der Waals surface area contributed by atoms with Crippen LogP contribution in [0.3, 0.4) is 0 Å². The van der Waals surface area contributed by atoms with Crippen LogP contribution in [-0.4, -0.2) is 4.98 Å². The van der Waals surface area contributed by atoms with Gasteiger partial charge in [-0.05, 0) is 48.4 Å². The zero-order valence-electron chi connectivity index (χ0n) is 13.6. The summed E-state index contributed by atoms with van der Waals surface area (Å²) in [6, 6.07) is 24.2. The summed E-state index contributed by atoms with van der Waals surface area (Å²) in [7, 11) is 0. The molecule has 4 rings (SSSR count). The summed E-state index contributed by atoms with van der Waals surface area (Å²) in [5, 5.41) is 2.33. The third-order valence-electron chi connectivity index (χ3n) is 4.27. The quantitative estimate of drug-likeness (QED) is 0.367. The van der Waals surface area contributed by atoms with E-state index in [4.69, 9.17) is 28.2 Å². The molecule has 0 unspecified atom stereocenters. The first-order valence-corrected chi connectivity index (χ1v) is 8.80. The lowest BCUT2D eigenvalue weighted by Crippen LogP contribution is -1.92. The van der Waals surface area contributed by atoms with Crippen LogP contribution in [-0.2, 0) is 0 Å². The van der Waals surface area contributed by atoms with E-state index in [2.05, 4.69) is 37.3 Å². The third kappa shape index (κ3) is 3.02. The number of aryl methyl sites for hydroxylation is 1. The number of halogens is 2. The van der Waals surface area contributed by atoms with Crippen molar-refractivity contribution in [1.29, 1.82) is 0 Å². The van der Waals surface area contributed by atoms with E-state index in [1.54, 1.807) is 0 Å². The van der Waals surface area contributed by atoms with Crippen molar-refractivity contribution in [3.05, 3.63) is 88.4 Å². The lowest BCUT2D eigenvalue weighted by molar-refractivity contribution is 1.38. The Balaban J connectivity index is 2.07. The number of rotatable bonds is 2. The molecule has 1 heterocycles. The summed E-state index contributed by atoms with van der Waals surface area (Å²) >= 11 is 12.8. The molecular formula is C22H15Cl2N. The molecule has 0 bridgehead atoms. The topological polar surface area (TPSA) is 12.9 Å². The molecule has 0 fully saturated rings. The molecule has 4 aromatic rings. The van der Waals surface area contributed by atoms with Crippen molar-refractivity contribution in [2.45, 2.75) is 6.92 Å². The predicted octanol–water partition coefficient (Wildman–Crippen LogP) is 7.18. The van der Waals surface area contributed by atoms with E-state index in [0.717, 1.165) is 33.3 Å². The smallest absolute Gasteiger partial charge is 0.0745 e. The average molecular weight is 364 g/mol. The van der Waals surface area contributed by atoms with Crippen LogP contribution in [0.5, 0.6) is 0 Å². The molecule has 0 saturated heterocycles. The van der Waals surface area contributed by atoms with Crippen LogP contribution in [0.1, 0.15) is 5.56 Å². The maximum atomic E-state index is 6.41. The lowest BCUT2D eigenvalue weighted by Gasteiger charge is -2.13. The highest BCUT2D eigenvalue weighted by molar-refractivity contribution is 6.39. The number of benzene rings is 3. The Morgan fingerprint density at radius 2 is 1.48 bits per heavy atom. The number of hydrogen-bond acceptors (Lipinski definition) is 1. The minimum Gasteiger partial charge on any atom is -0.248 e. The van der Waals surface area contributed by atoms with Crippen molar-refractivity contribution >= 4 is 34.1 Å². The molecule has 25 heavy (non-hydrogen) atoms. The molecule has 0 aliphatic carbocycles. The van der Waals surface area contributed by atoms with E-state index in [0.29, 0.717) is 10.0 Å². The highest BCUT2D eigenvalue weighted by Crippen LogP contribution is 2.38. The Kier molecular flexibility index (Phi) is 4.20. The molecule has 0 atom stereocenters. The highest BCUT2D eigenvalue weighted by atomic mass is 35.5. The van der Waals surface area contributed by atoms with Crippen molar-refractivity contribution < 1.29 is 0 Å². The van der Waals surface area contributed by atoms with E-state index in [1.807, 2.05) is 42.5 Å². The Bertz CT molecular complexity index is 1050. The van der Waals surface area contributed by atoms with Gasteiger partial charge < -0.3 is 0 Å². The summed E-state index contributed by atoms with van der Waals surface area (Å²) in [6.45, 7) is 2.09. The molecular weight excluding hydrogens is 349 g/mol. The van der Waals surface area contributed by atoms with E-state index in [9.17, 15) is 0 Å². The van der Waals surface area contributed by atoms with Crippen molar-refractivity contribution in [3.8, 4) is 22.4 Å². The number of aromatic nitrogens is 1. The Morgan fingerprint density at radius 3 is 2.20 bits per heavy atom. The first-order chi connectivity index (χ1) is 12.1. The zero-order chi connectivity index (χ0) is 17.4. The molecule has 0 aliphatic heterocycles. The van der Waals surface area contributed by atoms with Crippen LogP contribution in [0, 0.1) is 6.92 Å². The van der Waals surface area contributed by atoms with E-state index < -0.39 is 0 Å². The van der Waals surface area contributed by atoms with Gasteiger partial charge in [0, 0.05) is 10.9 Å². The van der Waals surface area contributed by atoms with Gasteiger partial charge in [0.05, 0.1) is 21.3 Å². The molecule has 1 aromatic heterocycles. The Morgan fingerprint density at radius 1 is 0.760 bits per heavy atom. The second-order valence-corrected chi connectivity index (χ2v) is 6.85. The molecule has 0 amide bonds. The fourth-order valence-corrected chi connectivity index (χ4v) is 3.66. The molecule has 0 spiro atoms. The van der Waals surface area contributed by atoms with Gasteiger partial charge in [0.25, 0.3) is 0 Å². The van der Waals surface area contributed by atoms with Crippen LogP contribution in [0.2, 0.25) is 10.0 Å². The summed E-state index contributed by atoms with van der Waals surface area (Å²) in [6.07, 6.45) is 0. The molecule has 3 aromatic carbocycles. The number of pyridine rings is 1. The largest absolute Gasteiger partial charge is 0.248 e. The number of fused-ring (bicyclic) bond motifs is 1. The van der Waals surface area contributed by atoms with E-state index in [-0.39, 0.29) is 0 Å². The summed E-state index contributed by atoms with van der Waals surface area (Å²) in [5.74, 6) is 0. The van der Waals surface area contributed by atoms with Gasteiger partial charge in [-0.1, -0.05) is 71.2 Å². The fourth-order valence-electron chi connectivity index (χ4n) is 3.07. The van der Waals surface area contributed by atoms with Crippen molar-refractivity contribution in [2.24, 2.45) is 0 Å². The van der Waals surface area contributed by atoms with Gasteiger partial charge >= 0.3 is 0 Å². The predicted molar refractivity (Wildman–Crippen MR) is 107 cm³/mol. The fraction of sp³-hybridized carbons (Fsp3) is 0.0455. The van der Waals surface area contributed by atoms with E-state index in [1.165, 1.54) is 5.56 Å². The van der Waals surface area contributed by atoms with Crippen LogP contribution in [0.4, 0.5) is 0 Å². The number of hydrogen-bond donors (Lipinski definition) is 0. The lowest BCUT2D eigenvalue weighted by atomic mass is 9.97. The standard InChI is InChI=1S/C22H15Cl2N/c1-14-10-11-20-17(12-14)16(15-6-3-2-4-7-15)13-21(25-20)22-18(23)8-5-9-19(22)24/h2-13H,1H3. The molecule has 0 radical (unpaired) electrons. The first-order valence-electron chi connectivity index (χ1n) is 8.05. The Hall–Kier alpha value is -2.35. The van der Waals surface area contributed by atoms with Crippen molar-refractivity contribution in [2.75, 3.05) is 0 Å². The van der Waals surface area contributed by atoms with Crippen LogP contribution < -0.4 is 0 Å². The normalized spacial score (nSPS) is 11.0. The van der Waals surface area contributed by atoms with Crippen molar-refractivity contribution in [3.63, 3.8) is 0 Å². The SMILES string of the molecule is Cc1ccc2nc(-c3c(Cl)cccc3Cl)cc(-c3ccccc3)c2c1. The van der Waals surface area contributed by atoms with Gasteiger partial charge in [-0.2, -0.15) is 0 Å². The molecule has 3 heteroatoms.